The molecule has 0 heterocycles. The molecule has 2 saturated carbocycles. The highest BCUT2D eigenvalue weighted by atomic mass is 32.1. The molecule has 2 rings (SSSR count). The minimum absolute atomic E-state index is 0.0506. The topological polar surface area (TPSA) is 67.2 Å². The van der Waals surface area contributed by atoms with E-state index in [1.807, 2.05) is 0 Å². The Kier molecular flexibility index (Phi) is 2.58. The summed E-state index contributed by atoms with van der Waals surface area (Å²) in [7, 11) is 0. The fourth-order valence-corrected chi connectivity index (χ4v) is 2.64. The number of thiocarbonyl (C=S) groups is 1. The van der Waals surface area contributed by atoms with E-state index in [1.54, 1.807) is 0 Å². The molecule has 0 saturated heterocycles. The van der Waals surface area contributed by atoms with Crippen molar-refractivity contribution in [1.82, 2.24) is 10.9 Å². The third-order valence-corrected chi connectivity index (χ3v) is 3.37. The summed E-state index contributed by atoms with van der Waals surface area (Å²) in [6, 6.07) is 0. The van der Waals surface area contributed by atoms with E-state index in [2.05, 4.69) is 23.1 Å². The Morgan fingerprint density at radius 3 is 2.29 bits per heavy atom. The van der Waals surface area contributed by atoms with Gasteiger partial charge in [0.1, 0.15) is 0 Å². The minimum Gasteiger partial charge on any atom is -0.375 e. The van der Waals surface area contributed by atoms with Crippen LogP contribution in [0.2, 0.25) is 0 Å². The van der Waals surface area contributed by atoms with Gasteiger partial charge in [0.25, 0.3) is 0 Å². The Morgan fingerprint density at radius 1 is 1.21 bits per heavy atom. The Bertz CT molecular complexity index is 257. The Hall–Kier alpha value is -0.840. The van der Waals surface area contributed by atoms with Gasteiger partial charge in [0.15, 0.2) is 5.11 Å². The molecular formula is C9H15N3OS. The molecule has 0 radical (unpaired) electrons. The molecule has 3 atom stereocenters. The van der Waals surface area contributed by atoms with E-state index in [1.165, 1.54) is 25.7 Å². The number of fused-ring (bicyclic) bond motifs is 1. The van der Waals surface area contributed by atoms with Crippen molar-refractivity contribution in [2.75, 3.05) is 0 Å². The number of amides is 1. The van der Waals surface area contributed by atoms with Crippen LogP contribution in [0.5, 0.6) is 0 Å². The van der Waals surface area contributed by atoms with Crippen LogP contribution in [0.25, 0.3) is 0 Å². The number of hydrogen-bond donors (Lipinski definition) is 3. The van der Waals surface area contributed by atoms with E-state index in [-0.39, 0.29) is 16.9 Å². The molecule has 78 valence electrons. The van der Waals surface area contributed by atoms with Crippen LogP contribution in [-0.2, 0) is 4.79 Å². The lowest BCUT2D eigenvalue weighted by atomic mass is 10.0. The summed E-state index contributed by atoms with van der Waals surface area (Å²) >= 11 is 4.60. The first-order chi connectivity index (χ1) is 6.70. The lowest BCUT2D eigenvalue weighted by Crippen LogP contribution is -2.45. The molecule has 0 aromatic heterocycles. The number of carbonyl (C=O) groups is 1. The number of rotatable bonds is 1. The lowest BCUT2D eigenvalue weighted by Gasteiger charge is -2.04. The molecule has 0 aromatic rings. The molecule has 0 aromatic carbocycles. The number of hydrazine groups is 1. The van der Waals surface area contributed by atoms with Gasteiger partial charge < -0.3 is 5.73 Å². The van der Waals surface area contributed by atoms with E-state index in [9.17, 15) is 4.79 Å². The van der Waals surface area contributed by atoms with Crippen molar-refractivity contribution in [2.24, 2.45) is 23.5 Å². The summed E-state index contributed by atoms with van der Waals surface area (Å²) in [6.07, 6.45) is 4.95. The maximum Gasteiger partial charge on any atom is 0.242 e. The van der Waals surface area contributed by atoms with Crippen molar-refractivity contribution < 1.29 is 4.79 Å². The van der Waals surface area contributed by atoms with Gasteiger partial charge in [-0.1, -0.05) is 12.8 Å². The van der Waals surface area contributed by atoms with E-state index in [4.69, 9.17) is 5.73 Å². The summed E-state index contributed by atoms with van der Waals surface area (Å²) < 4.78 is 0. The molecule has 4 nitrogen and oxygen atoms in total. The van der Waals surface area contributed by atoms with Crippen LogP contribution in [0.4, 0.5) is 0 Å². The summed E-state index contributed by atoms with van der Waals surface area (Å²) in [4.78, 5) is 11.6. The second-order valence-corrected chi connectivity index (χ2v) is 4.56. The molecule has 2 fully saturated rings. The largest absolute Gasteiger partial charge is 0.375 e. The number of hydrogen-bond acceptors (Lipinski definition) is 2. The van der Waals surface area contributed by atoms with Gasteiger partial charge in [-0.2, -0.15) is 0 Å². The predicted molar refractivity (Wildman–Crippen MR) is 57.0 cm³/mol. The van der Waals surface area contributed by atoms with Gasteiger partial charge in [-0.05, 0) is 36.9 Å². The zero-order valence-electron chi connectivity index (χ0n) is 7.95. The summed E-state index contributed by atoms with van der Waals surface area (Å²) in [5.74, 6) is 1.50. The van der Waals surface area contributed by atoms with E-state index >= 15 is 0 Å². The van der Waals surface area contributed by atoms with Crippen LogP contribution in [-0.4, -0.2) is 11.0 Å². The van der Waals surface area contributed by atoms with Crippen molar-refractivity contribution in [3.05, 3.63) is 0 Å². The summed E-state index contributed by atoms with van der Waals surface area (Å²) in [5.41, 5.74) is 10.2. The van der Waals surface area contributed by atoms with E-state index in [0.717, 1.165) is 0 Å². The van der Waals surface area contributed by atoms with Crippen LogP contribution in [0.3, 0.4) is 0 Å². The van der Waals surface area contributed by atoms with Crippen molar-refractivity contribution in [2.45, 2.75) is 25.7 Å². The van der Waals surface area contributed by atoms with E-state index in [0.29, 0.717) is 11.8 Å². The molecule has 2 aliphatic rings. The number of nitrogens with one attached hydrogen (secondary N) is 2. The first-order valence-corrected chi connectivity index (χ1v) is 5.46. The summed E-state index contributed by atoms with van der Waals surface area (Å²) in [5, 5.41) is 0.113. The van der Waals surface area contributed by atoms with Crippen LogP contribution < -0.4 is 16.6 Å². The van der Waals surface area contributed by atoms with Crippen molar-refractivity contribution in [3.8, 4) is 0 Å². The monoisotopic (exact) mass is 213 g/mol. The van der Waals surface area contributed by atoms with Gasteiger partial charge in [-0.3, -0.25) is 15.6 Å². The average Bonchev–Trinajstić information content (AvgIpc) is 2.88. The fourth-order valence-electron chi connectivity index (χ4n) is 2.59. The first kappa shape index (κ1) is 9.71. The van der Waals surface area contributed by atoms with Gasteiger partial charge in [0.2, 0.25) is 5.91 Å². The predicted octanol–water partition coefficient (Wildman–Crippen LogP) is 0.287. The maximum atomic E-state index is 11.6. The SMILES string of the molecule is NC(=S)NNC(=O)C1[C@H]2CCCC[C@@H]12. The standard InChI is InChI=1S/C9H15N3OS/c10-9(14)12-11-8(13)7-5-3-1-2-4-6(5)7/h5-7H,1-4H2,(H,11,13)(H3,10,12,14)/t5-,6+,7?. The highest BCUT2D eigenvalue weighted by molar-refractivity contribution is 7.80. The molecule has 0 aliphatic heterocycles. The van der Waals surface area contributed by atoms with Gasteiger partial charge in [-0.15, -0.1) is 0 Å². The zero-order chi connectivity index (χ0) is 10.1. The number of nitrogens with two attached hydrogens (primary N) is 1. The van der Waals surface area contributed by atoms with Crippen LogP contribution >= 0.6 is 12.2 Å². The molecule has 14 heavy (non-hydrogen) atoms. The van der Waals surface area contributed by atoms with Gasteiger partial charge in [-0.25, -0.2) is 0 Å². The van der Waals surface area contributed by atoms with Gasteiger partial charge >= 0.3 is 0 Å². The Morgan fingerprint density at radius 2 is 1.79 bits per heavy atom. The van der Waals surface area contributed by atoms with Crippen molar-refractivity contribution >= 4 is 23.2 Å². The zero-order valence-corrected chi connectivity index (χ0v) is 8.77. The molecule has 1 unspecified atom stereocenters. The summed E-state index contributed by atoms with van der Waals surface area (Å²) in [6.45, 7) is 0. The highest BCUT2D eigenvalue weighted by Gasteiger charge is 2.54. The third-order valence-electron chi connectivity index (χ3n) is 3.27. The van der Waals surface area contributed by atoms with Gasteiger partial charge in [0.05, 0.1) is 0 Å². The van der Waals surface area contributed by atoms with Crippen molar-refractivity contribution in [3.63, 3.8) is 0 Å². The molecule has 4 N–H and O–H groups in total. The fraction of sp³-hybridized carbons (Fsp3) is 0.778. The second-order valence-electron chi connectivity index (χ2n) is 4.12. The smallest absolute Gasteiger partial charge is 0.242 e. The highest BCUT2D eigenvalue weighted by Crippen LogP contribution is 2.55. The number of carbonyl (C=O) groups excluding carboxylic acids is 1. The third kappa shape index (κ3) is 1.82. The van der Waals surface area contributed by atoms with Gasteiger partial charge in [0, 0.05) is 5.92 Å². The molecule has 0 spiro atoms. The first-order valence-electron chi connectivity index (χ1n) is 5.05. The molecule has 2 aliphatic carbocycles. The lowest BCUT2D eigenvalue weighted by molar-refractivity contribution is -0.123. The maximum absolute atomic E-state index is 11.6. The minimum atomic E-state index is 0.0506. The average molecular weight is 213 g/mol. The van der Waals surface area contributed by atoms with Crippen LogP contribution in [0.15, 0.2) is 0 Å². The Labute approximate surface area is 88.6 Å². The van der Waals surface area contributed by atoms with Crippen LogP contribution in [0, 0.1) is 17.8 Å². The van der Waals surface area contributed by atoms with E-state index < -0.39 is 0 Å². The second kappa shape index (κ2) is 3.73. The van der Waals surface area contributed by atoms with Crippen molar-refractivity contribution in [1.29, 1.82) is 0 Å². The molecule has 1 amide bonds. The normalized spacial score (nSPS) is 34.1. The molecule has 5 heteroatoms. The Balaban J connectivity index is 1.79. The molecular weight excluding hydrogens is 198 g/mol. The van der Waals surface area contributed by atoms with Crippen LogP contribution in [0.1, 0.15) is 25.7 Å². The quantitative estimate of drug-likeness (QED) is 0.432. The molecule has 0 bridgehead atoms.